The molecule has 0 radical (unpaired) electrons. The molecule has 2 aromatic rings. The second-order valence-corrected chi connectivity index (χ2v) is 3.05. The van der Waals surface area contributed by atoms with Crippen molar-refractivity contribution in [3.05, 3.63) is 24.3 Å². The highest BCUT2D eigenvalue weighted by atomic mass is 16.3. The summed E-state index contributed by atoms with van der Waals surface area (Å²) in [5.41, 5.74) is 2.00. The van der Waals surface area contributed by atoms with E-state index in [2.05, 4.69) is 10.3 Å². The second-order valence-electron chi connectivity index (χ2n) is 3.05. The highest BCUT2D eigenvalue weighted by Crippen LogP contribution is 2.18. The summed E-state index contributed by atoms with van der Waals surface area (Å²) in [5, 5.41) is 12.0. The monoisotopic (exact) mass is 191 g/mol. The van der Waals surface area contributed by atoms with Crippen LogP contribution in [0.2, 0.25) is 0 Å². The number of anilines is 1. The maximum atomic E-state index is 8.94. The van der Waals surface area contributed by atoms with Gasteiger partial charge in [0, 0.05) is 13.6 Å². The molecule has 0 aliphatic carbocycles. The zero-order valence-corrected chi connectivity index (χ0v) is 8.07. The summed E-state index contributed by atoms with van der Waals surface area (Å²) in [7, 11) is 1.83. The average Bonchev–Trinajstić information content (AvgIpc) is 2.58. The van der Waals surface area contributed by atoms with Crippen LogP contribution in [0.1, 0.15) is 0 Å². The number of hydrogen-bond acceptors (Lipinski definition) is 3. The first kappa shape index (κ1) is 9.02. The summed E-state index contributed by atoms with van der Waals surface area (Å²) < 4.78 is 1.97. The minimum absolute atomic E-state index is 0.120. The van der Waals surface area contributed by atoms with Gasteiger partial charge in [-0.25, -0.2) is 4.98 Å². The lowest BCUT2D eigenvalue weighted by Gasteiger charge is -2.05. The Balaban J connectivity index is 2.61. The first-order valence-electron chi connectivity index (χ1n) is 4.60. The predicted molar refractivity (Wildman–Crippen MR) is 56.4 cm³/mol. The molecule has 74 valence electrons. The molecule has 14 heavy (non-hydrogen) atoms. The molecule has 0 aliphatic heterocycles. The van der Waals surface area contributed by atoms with Crippen LogP contribution in [0.4, 0.5) is 5.95 Å². The fourth-order valence-electron chi connectivity index (χ4n) is 1.59. The summed E-state index contributed by atoms with van der Waals surface area (Å²) in [5.74, 6) is 0.792. The van der Waals surface area contributed by atoms with Crippen molar-refractivity contribution in [2.45, 2.75) is 6.54 Å². The number of nitrogens with zero attached hydrogens (tertiary/aromatic N) is 2. The highest BCUT2D eigenvalue weighted by Gasteiger charge is 2.07. The van der Waals surface area contributed by atoms with Gasteiger partial charge in [0.2, 0.25) is 5.95 Å². The third-order valence-electron chi connectivity index (χ3n) is 2.20. The quantitative estimate of drug-likeness (QED) is 0.763. The number of hydrogen-bond donors (Lipinski definition) is 2. The van der Waals surface area contributed by atoms with Gasteiger partial charge in [-0.15, -0.1) is 0 Å². The lowest BCUT2D eigenvalue weighted by atomic mass is 10.3. The molecule has 0 atom stereocenters. The Labute approximate surface area is 82.2 Å². The third kappa shape index (κ3) is 1.33. The van der Waals surface area contributed by atoms with Gasteiger partial charge in [-0.3, -0.25) is 0 Å². The van der Waals surface area contributed by atoms with Crippen LogP contribution in [0.5, 0.6) is 0 Å². The van der Waals surface area contributed by atoms with E-state index >= 15 is 0 Å². The second kappa shape index (κ2) is 3.67. The number of aromatic nitrogens is 2. The van der Waals surface area contributed by atoms with Crippen molar-refractivity contribution >= 4 is 17.0 Å². The Morgan fingerprint density at radius 2 is 2.21 bits per heavy atom. The van der Waals surface area contributed by atoms with E-state index in [0.717, 1.165) is 17.0 Å². The van der Waals surface area contributed by atoms with Crippen LogP contribution in [0.25, 0.3) is 11.0 Å². The molecule has 0 fully saturated rings. The van der Waals surface area contributed by atoms with Crippen LogP contribution in [0.15, 0.2) is 24.3 Å². The molecule has 0 saturated carbocycles. The molecule has 0 amide bonds. The number of benzene rings is 1. The van der Waals surface area contributed by atoms with Crippen LogP contribution in [-0.4, -0.2) is 28.3 Å². The standard InChI is InChI=1S/C10H13N3O/c1-11-10-12-8-4-2-3-5-9(8)13(10)6-7-14/h2-5,14H,6-7H2,1H3,(H,11,12). The van der Waals surface area contributed by atoms with E-state index in [4.69, 9.17) is 5.11 Å². The van der Waals surface area contributed by atoms with Gasteiger partial charge in [-0.2, -0.15) is 0 Å². The molecular formula is C10H13N3O. The molecule has 2 rings (SSSR count). The molecule has 1 aromatic heterocycles. The van der Waals surface area contributed by atoms with Crippen molar-refractivity contribution in [3.8, 4) is 0 Å². The summed E-state index contributed by atoms with van der Waals surface area (Å²) in [6.07, 6.45) is 0. The van der Waals surface area contributed by atoms with Crippen LogP contribution >= 0.6 is 0 Å². The molecule has 1 heterocycles. The number of rotatable bonds is 3. The average molecular weight is 191 g/mol. The van der Waals surface area contributed by atoms with Gasteiger partial charge in [-0.1, -0.05) is 12.1 Å². The molecule has 4 nitrogen and oxygen atoms in total. The van der Waals surface area contributed by atoms with Gasteiger partial charge in [0.15, 0.2) is 0 Å². The Morgan fingerprint density at radius 3 is 2.93 bits per heavy atom. The van der Waals surface area contributed by atoms with Crippen LogP contribution in [-0.2, 0) is 6.54 Å². The summed E-state index contributed by atoms with van der Waals surface area (Å²) in [4.78, 5) is 4.39. The van der Waals surface area contributed by atoms with E-state index in [1.807, 2.05) is 35.9 Å². The predicted octanol–water partition coefficient (Wildman–Crippen LogP) is 1.07. The van der Waals surface area contributed by atoms with Crippen molar-refractivity contribution in [2.24, 2.45) is 0 Å². The molecule has 0 aliphatic rings. The van der Waals surface area contributed by atoms with Gasteiger partial charge in [0.25, 0.3) is 0 Å². The van der Waals surface area contributed by atoms with Crippen LogP contribution < -0.4 is 5.32 Å². The maximum absolute atomic E-state index is 8.94. The highest BCUT2D eigenvalue weighted by molar-refractivity contribution is 5.78. The topological polar surface area (TPSA) is 50.1 Å². The molecule has 2 N–H and O–H groups in total. The number of para-hydroxylation sites is 2. The van der Waals surface area contributed by atoms with E-state index < -0.39 is 0 Å². The Morgan fingerprint density at radius 1 is 1.43 bits per heavy atom. The van der Waals surface area contributed by atoms with E-state index in [1.54, 1.807) is 0 Å². The van der Waals surface area contributed by atoms with Crippen molar-refractivity contribution in [2.75, 3.05) is 19.0 Å². The minimum Gasteiger partial charge on any atom is -0.395 e. The SMILES string of the molecule is CNc1nc2ccccc2n1CCO. The summed E-state index contributed by atoms with van der Waals surface area (Å²) in [6, 6.07) is 7.89. The van der Waals surface area contributed by atoms with Gasteiger partial charge in [-0.05, 0) is 12.1 Å². The summed E-state index contributed by atoms with van der Waals surface area (Å²) >= 11 is 0. The Bertz CT molecular complexity index is 436. The minimum atomic E-state index is 0.120. The molecular weight excluding hydrogens is 178 g/mol. The number of nitrogens with one attached hydrogen (secondary N) is 1. The van der Waals surface area contributed by atoms with Gasteiger partial charge in [0.05, 0.1) is 17.6 Å². The van der Waals surface area contributed by atoms with Gasteiger partial charge in [0.1, 0.15) is 0 Å². The normalized spacial score (nSPS) is 10.7. The molecule has 1 aromatic carbocycles. The largest absolute Gasteiger partial charge is 0.395 e. The van der Waals surface area contributed by atoms with Gasteiger partial charge >= 0.3 is 0 Å². The fraction of sp³-hybridized carbons (Fsp3) is 0.300. The molecule has 0 saturated heterocycles. The number of aliphatic hydroxyl groups is 1. The first-order valence-corrected chi connectivity index (χ1v) is 4.60. The zero-order chi connectivity index (χ0) is 9.97. The smallest absolute Gasteiger partial charge is 0.203 e. The number of fused-ring (bicyclic) bond motifs is 1. The van der Waals surface area contributed by atoms with E-state index in [0.29, 0.717) is 6.54 Å². The fourth-order valence-corrected chi connectivity index (χ4v) is 1.59. The van der Waals surface area contributed by atoms with Crippen molar-refractivity contribution in [1.29, 1.82) is 0 Å². The van der Waals surface area contributed by atoms with Gasteiger partial charge < -0.3 is 15.0 Å². The van der Waals surface area contributed by atoms with E-state index in [-0.39, 0.29) is 6.61 Å². The molecule has 0 spiro atoms. The number of aliphatic hydroxyl groups excluding tert-OH is 1. The maximum Gasteiger partial charge on any atom is 0.203 e. The summed E-state index contributed by atoms with van der Waals surface area (Å²) in [6.45, 7) is 0.686. The number of imidazole rings is 1. The van der Waals surface area contributed by atoms with E-state index in [1.165, 1.54) is 0 Å². The Kier molecular flexibility index (Phi) is 2.37. The van der Waals surface area contributed by atoms with Crippen LogP contribution in [0.3, 0.4) is 0 Å². The van der Waals surface area contributed by atoms with Crippen molar-refractivity contribution in [3.63, 3.8) is 0 Å². The zero-order valence-electron chi connectivity index (χ0n) is 8.07. The lowest BCUT2D eigenvalue weighted by Crippen LogP contribution is -2.06. The van der Waals surface area contributed by atoms with E-state index in [9.17, 15) is 0 Å². The van der Waals surface area contributed by atoms with Crippen LogP contribution in [0, 0.1) is 0 Å². The lowest BCUT2D eigenvalue weighted by molar-refractivity contribution is 0.278. The van der Waals surface area contributed by atoms with Crippen molar-refractivity contribution in [1.82, 2.24) is 9.55 Å². The van der Waals surface area contributed by atoms with Crippen molar-refractivity contribution < 1.29 is 5.11 Å². The molecule has 0 bridgehead atoms. The molecule has 0 unspecified atom stereocenters. The molecule has 4 heteroatoms. The third-order valence-corrected chi connectivity index (χ3v) is 2.20. The Hall–Kier alpha value is -1.55. The first-order chi connectivity index (χ1) is 6.86.